The van der Waals surface area contributed by atoms with E-state index in [0.29, 0.717) is 74.8 Å². The number of amides is 2. The average Bonchev–Trinajstić information content (AvgIpc) is 3.53. The summed E-state index contributed by atoms with van der Waals surface area (Å²) in [5, 5.41) is 6.75. The lowest BCUT2D eigenvalue weighted by Gasteiger charge is -2.41. The minimum absolute atomic E-state index is 0.0205. The second-order valence-corrected chi connectivity index (χ2v) is 12.5. The molecule has 2 saturated heterocycles. The third kappa shape index (κ3) is 4.75. The van der Waals surface area contributed by atoms with Gasteiger partial charge in [-0.1, -0.05) is 12.1 Å². The monoisotopic (exact) mass is 525 g/mol. The van der Waals surface area contributed by atoms with E-state index in [1.54, 1.807) is 4.90 Å². The zero-order valence-electron chi connectivity index (χ0n) is 21.8. The Hall–Kier alpha value is -1.88. The number of hydrogen-bond acceptors (Lipinski definition) is 6. The zero-order chi connectivity index (χ0) is 26.1. The summed E-state index contributed by atoms with van der Waals surface area (Å²) in [7, 11) is 0. The molecule has 1 N–H and O–H groups in total. The van der Waals surface area contributed by atoms with Gasteiger partial charge in [0.25, 0.3) is 5.92 Å². The third-order valence-electron chi connectivity index (χ3n) is 9.48. The first kappa shape index (κ1) is 25.4. The van der Waals surface area contributed by atoms with Gasteiger partial charge in [-0.2, -0.15) is 4.98 Å². The van der Waals surface area contributed by atoms with Gasteiger partial charge in [-0.25, -0.2) is 18.0 Å². The van der Waals surface area contributed by atoms with Crippen LogP contribution in [0, 0.1) is 11.8 Å². The van der Waals surface area contributed by atoms with Gasteiger partial charge in [-0.15, -0.1) is 0 Å². The van der Waals surface area contributed by atoms with E-state index in [9.17, 15) is 9.18 Å². The lowest BCUT2D eigenvalue weighted by molar-refractivity contribution is -0.132. The zero-order valence-corrected chi connectivity index (χ0v) is 21.8. The van der Waals surface area contributed by atoms with E-state index in [0.717, 1.165) is 13.1 Å². The minimum atomic E-state index is -3.00. The summed E-state index contributed by atoms with van der Waals surface area (Å²) < 4.78 is 55.0. The molecule has 7 atom stereocenters. The Morgan fingerprint density at radius 1 is 1.19 bits per heavy atom. The van der Waals surface area contributed by atoms with Crippen molar-refractivity contribution in [2.45, 2.75) is 107 Å². The fourth-order valence-corrected chi connectivity index (χ4v) is 6.51. The van der Waals surface area contributed by atoms with Crippen molar-refractivity contribution in [3.8, 4) is 0 Å². The molecule has 2 amide bonds. The minimum Gasteiger partial charge on any atom is -0.372 e. The molecule has 0 radical (unpaired) electrons. The van der Waals surface area contributed by atoms with Crippen molar-refractivity contribution in [3.05, 3.63) is 11.7 Å². The number of urea groups is 1. The molecule has 5 fully saturated rings. The number of carbonyl (C=O) groups is 1. The Labute approximate surface area is 215 Å². The molecule has 206 valence electrons. The number of alkyl halides is 3. The largest absolute Gasteiger partial charge is 0.372 e. The van der Waals surface area contributed by atoms with Crippen LogP contribution in [0.25, 0.3) is 0 Å². The molecule has 0 bridgehead atoms. The van der Waals surface area contributed by atoms with Crippen LogP contribution in [0.1, 0.15) is 76.9 Å². The molecule has 0 unspecified atom stereocenters. The molecule has 3 aliphatic carbocycles. The molecule has 11 heteroatoms. The number of nitrogens with one attached hydrogen (secondary N) is 1. The van der Waals surface area contributed by atoms with Crippen LogP contribution in [0.5, 0.6) is 0 Å². The topological polar surface area (TPSA) is 83.7 Å². The van der Waals surface area contributed by atoms with Gasteiger partial charge in [0.15, 0.2) is 5.82 Å². The van der Waals surface area contributed by atoms with Gasteiger partial charge in [0.05, 0.1) is 18.1 Å². The third-order valence-corrected chi connectivity index (χ3v) is 9.48. The van der Waals surface area contributed by atoms with Crippen molar-refractivity contribution in [3.63, 3.8) is 0 Å². The Morgan fingerprint density at radius 3 is 2.49 bits per heavy atom. The van der Waals surface area contributed by atoms with Gasteiger partial charge in [0.2, 0.25) is 5.89 Å². The van der Waals surface area contributed by atoms with Crippen molar-refractivity contribution in [2.75, 3.05) is 26.2 Å². The van der Waals surface area contributed by atoms with E-state index < -0.39 is 35.7 Å². The maximum Gasteiger partial charge on any atom is 0.317 e. The fourth-order valence-electron chi connectivity index (χ4n) is 6.51. The summed E-state index contributed by atoms with van der Waals surface area (Å²) in [6.07, 6.45) is 0.677. The highest BCUT2D eigenvalue weighted by molar-refractivity contribution is 5.75. The lowest BCUT2D eigenvalue weighted by atomic mass is 9.79. The number of piperidine rings is 2. The SMILES string of the molecule is CC(C)N1C[C@@H]2[C@H](C1)[C@H]2O[C@H]1CCCC(F)(F)[C@@H]1NC(=O)N1CCC(C)(c2noc([C@@H]3C[C@@H]3F)n2)CC1. The van der Waals surface area contributed by atoms with Crippen molar-refractivity contribution in [2.24, 2.45) is 11.8 Å². The molecule has 0 spiro atoms. The van der Waals surface area contributed by atoms with Gasteiger partial charge in [0.1, 0.15) is 12.2 Å². The van der Waals surface area contributed by atoms with E-state index in [1.807, 2.05) is 6.92 Å². The molecular weight excluding hydrogens is 487 g/mol. The summed E-state index contributed by atoms with van der Waals surface area (Å²) in [5.41, 5.74) is -0.409. The highest BCUT2D eigenvalue weighted by Crippen LogP contribution is 2.50. The van der Waals surface area contributed by atoms with Crippen LogP contribution >= 0.6 is 0 Å². The van der Waals surface area contributed by atoms with Gasteiger partial charge in [-0.05, 0) is 46.0 Å². The van der Waals surface area contributed by atoms with Crippen LogP contribution in [-0.2, 0) is 10.2 Å². The van der Waals surface area contributed by atoms with Crippen LogP contribution in [-0.4, -0.2) is 88.5 Å². The van der Waals surface area contributed by atoms with Gasteiger partial charge in [0, 0.05) is 55.9 Å². The van der Waals surface area contributed by atoms with Crippen LogP contribution in [0.3, 0.4) is 0 Å². The van der Waals surface area contributed by atoms with E-state index in [1.165, 1.54) is 0 Å². The number of carbonyl (C=O) groups excluding carboxylic acids is 1. The molecule has 6 rings (SSSR count). The molecule has 5 aliphatic rings. The summed E-state index contributed by atoms with van der Waals surface area (Å²) in [5.74, 6) is -1.61. The van der Waals surface area contributed by atoms with E-state index in [2.05, 4.69) is 34.2 Å². The quantitative estimate of drug-likeness (QED) is 0.607. The summed E-state index contributed by atoms with van der Waals surface area (Å²) in [6, 6.07) is -1.32. The first-order chi connectivity index (χ1) is 17.6. The van der Waals surface area contributed by atoms with Crippen molar-refractivity contribution in [1.29, 1.82) is 0 Å². The van der Waals surface area contributed by atoms with Gasteiger partial charge >= 0.3 is 6.03 Å². The lowest BCUT2D eigenvalue weighted by Crippen LogP contribution is -2.61. The molecule has 1 aromatic rings. The highest BCUT2D eigenvalue weighted by Gasteiger charge is 2.60. The Morgan fingerprint density at radius 2 is 1.86 bits per heavy atom. The Balaban J connectivity index is 1.05. The van der Waals surface area contributed by atoms with Crippen molar-refractivity contribution >= 4 is 6.03 Å². The van der Waals surface area contributed by atoms with Gasteiger partial charge in [-0.3, -0.25) is 0 Å². The van der Waals surface area contributed by atoms with Crippen LogP contribution in [0.4, 0.5) is 18.0 Å². The van der Waals surface area contributed by atoms with Crippen LogP contribution in [0.2, 0.25) is 0 Å². The van der Waals surface area contributed by atoms with E-state index in [4.69, 9.17) is 9.26 Å². The van der Waals surface area contributed by atoms with Gasteiger partial charge < -0.3 is 24.4 Å². The Bertz CT molecular complexity index is 1000. The Kier molecular flexibility index (Phi) is 6.25. The first-order valence-corrected chi connectivity index (χ1v) is 13.9. The predicted molar refractivity (Wildman–Crippen MR) is 128 cm³/mol. The molecule has 1 aromatic heterocycles. The number of aromatic nitrogens is 2. The second kappa shape index (κ2) is 9.10. The first-order valence-electron chi connectivity index (χ1n) is 13.9. The average molecular weight is 526 g/mol. The molecule has 3 heterocycles. The van der Waals surface area contributed by atoms with E-state index in [-0.39, 0.29) is 18.4 Å². The molecule has 2 aliphatic heterocycles. The number of nitrogens with zero attached hydrogens (tertiary/aromatic N) is 4. The van der Waals surface area contributed by atoms with Crippen molar-refractivity contribution in [1.82, 2.24) is 25.3 Å². The smallest absolute Gasteiger partial charge is 0.317 e. The molecule has 3 saturated carbocycles. The summed E-state index contributed by atoms with van der Waals surface area (Å²) in [6.45, 7) is 9.04. The number of rotatable bonds is 6. The summed E-state index contributed by atoms with van der Waals surface area (Å²) in [4.78, 5) is 21.6. The fraction of sp³-hybridized carbons (Fsp3) is 0.885. The number of hydrogen-bond donors (Lipinski definition) is 1. The molecule has 37 heavy (non-hydrogen) atoms. The number of fused-ring (bicyclic) bond motifs is 1. The van der Waals surface area contributed by atoms with Crippen LogP contribution in [0.15, 0.2) is 4.52 Å². The maximum atomic E-state index is 15.0. The number of likely N-dealkylation sites (tertiary alicyclic amines) is 2. The molecule has 0 aromatic carbocycles. The predicted octanol–water partition coefficient (Wildman–Crippen LogP) is 3.87. The number of ether oxygens (including phenoxy) is 1. The van der Waals surface area contributed by atoms with Crippen LogP contribution < -0.4 is 5.32 Å². The molecule has 8 nitrogen and oxygen atoms in total. The number of halogens is 3. The second-order valence-electron chi connectivity index (χ2n) is 12.5. The maximum absolute atomic E-state index is 15.0. The molecular formula is C26H38F3N5O3. The highest BCUT2D eigenvalue weighted by atomic mass is 19.3. The van der Waals surface area contributed by atoms with E-state index >= 15 is 8.78 Å². The normalized spacial score (nSPS) is 38.5. The summed E-state index contributed by atoms with van der Waals surface area (Å²) >= 11 is 0. The van der Waals surface area contributed by atoms with Crippen molar-refractivity contribution < 1.29 is 27.2 Å². The standard InChI is InChI=1S/C26H38F3N5O3/c1-14(2)34-12-16-17(13-34)20(16)36-19-5-4-6-26(28,29)21(19)30-24(35)33-9-7-25(3,8-10-33)23-31-22(37-32-23)15-11-18(15)27/h14-21H,4-13H2,1-3H3,(H,30,35)/t15-,16-,17+,18+,19+,20+,21-/m1/s1.